The van der Waals surface area contributed by atoms with Gasteiger partial charge in [0, 0.05) is 6.42 Å². The van der Waals surface area contributed by atoms with Crippen molar-refractivity contribution in [2.24, 2.45) is 5.41 Å². The van der Waals surface area contributed by atoms with E-state index in [1.165, 1.54) is 25.7 Å². The molecular formula is C33H54O6. The topological polar surface area (TPSA) is 78.9 Å². The lowest BCUT2D eigenvalue weighted by Crippen LogP contribution is -2.47. The third-order valence-electron chi connectivity index (χ3n) is 6.50. The molecule has 0 saturated carbocycles. The van der Waals surface area contributed by atoms with Crippen LogP contribution in [0.15, 0.2) is 24.3 Å². The second-order valence-corrected chi connectivity index (χ2v) is 12.8. The van der Waals surface area contributed by atoms with E-state index in [-0.39, 0.29) is 25.4 Å². The molecule has 0 aliphatic carbocycles. The van der Waals surface area contributed by atoms with Crippen LogP contribution in [-0.4, -0.2) is 29.1 Å². The maximum atomic E-state index is 13.6. The second kappa shape index (κ2) is 16.7. The monoisotopic (exact) mass is 546 g/mol. The SMILES string of the molecule is CCCCCCCCCCC(CCCC(=O)OCc1cccc(C)c1)(C(=O)OC(C)(C)C)C(=O)OC(C)(C)C. The molecule has 6 heteroatoms. The van der Waals surface area contributed by atoms with Gasteiger partial charge in [-0.15, -0.1) is 0 Å². The molecule has 1 rings (SSSR count). The van der Waals surface area contributed by atoms with Crippen LogP contribution in [0.1, 0.15) is 137 Å². The molecule has 6 nitrogen and oxygen atoms in total. The number of hydrogen-bond donors (Lipinski definition) is 0. The average Bonchev–Trinajstić information content (AvgIpc) is 2.81. The van der Waals surface area contributed by atoms with E-state index in [0.29, 0.717) is 19.3 Å². The summed E-state index contributed by atoms with van der Waals surface area (Å²) in [5.41, 5.74) is -0.939. The maximum absolute atomic E-state index is 13.6. The molecule has 0 aromatic heterocycles. The van der Waals surface area contributed by atoms with Gasteiger partial charge in [0.25, 0.3) is 0 Å². The summed E-state index contributed by atoms with van der Waals surface area (Å²) in [7, 11) is 0. The van der Waals surface area contributed by atoms with E-state index in [9.17, 15) is 14.4 Å². The summed E-state index contributed by atoms with van der Waals surface area (Å²) in [4.78, 5) is 39.8. The first kappa shape index (κ1) is 34.7. The van der Waals surface area contributed by atoms with Crippen molar-refractivity contribution in [3.05, 3.63) is 35.4 Å². The van der Waals surface area contributed by atoms with Crippen molar-refractivity contribution >= 4 is 17.9 Å². The molecule has 0 radical (unpaired) electrons. The van der Waals surface area contributed by atoms with Crippen molar-refractivity contribution in [3.63, 3.8) is 0 Å². The highest BCUT2D eigenvalue weighted by Crippen LogP contribution is 2.37. The van der Waals surface area contributed by atoms with Crippen LogP contribution in [0.3, 0.4) is 0 Å². The van der Waals surface area contributed by atoms with Crippen molar-refractivity contribution in [2.75, 3.05) is 0 Å². The molecule has 0 unspecified atom stereocenters. The zero-order valence-electron chi connectivity index (χ0n) is 26.0. The average molecular weight is 547 g/mol. The van der Waals surface area contributed by atoms with E-state index < -0.39 is 28.6 Å². The van der Waals surface area contributed by atoms with Gasteiger partial charge in [-0.05, 0) is 73.3 Å². The predicted octanol–water partition coefficient (Wildman–Crippen LogP) is 8.41. The van der Waals surface area contributed by atoms with Crippen LogP contribution in [0, 0.1) is 12.3 Å². The summed E-state index contributed by atoms with van der Waals surface area (Å²) >= 11 is 0. The van der Waals surface area contributed by atoms with Crippen molar-refractivity contribution in [1.29, 1.82) is 0 Å². The molecular weight excluding hydrogens is 492 g/mol. The molecule has 222 valence electrons. The quantitative estimate of drug-likeness (QED) is 0.0844. The number of rotatable bonds is 17. The van der Waals surface area contributed by atoms with Crippen LogP contribution in [-0.2, 0) is 35.2 Å². The highest BCUT2D eigenvalue weighted by Gasteiger charge is 2.50. The van der Waals surface area contributed by atoms with Crippen LogP contribution in [0.2, 0.25) is 0 Å². The standard InChI is InChI=1S/C33H54O6/c1-9-10-11-12-13-14-15-16-22-33(29(35)38-31(3,4)5,30(36)39-32(6,7)8)23-18-21-28(34)37-25-27-20-17-19-26(2)24-27/h17,19-20,24H,9-16,18,21-23,25H2,1-8H3. The van der Waals surface area contributed by atoms with Crippen LogP contribution in [0.4, 0.5) is 0 Å². The van der Waals surface area contributed by atoms with Gasteiger partial charge in [0.2, 0.25) is 0 Å². The first-order chi connectivity index (χ1) is 18.2. The normalized spacial score (nSPS) is 12.2. The third kappa shape index (κ3) is 14.5. The van der Waals surface area contributed by atoms with Gasteiger partial charge in [0.1, 0.15) is 17.8 Å². The molecule has 0 fully saturated rings. The van der Waals surface area contributed by atoms with E-state index in [0.717, 1.165) is 30.4 Å². The molecule has 0 atom stereocenters. The fourth-order valence-corrected chi connectivity index (χ4v) is 4.50. The fraction of sp³-hybridized carbons (Fsp3) is 0.727. The number of benzene rings is 1. The van der Waals surface area contributed by atoms with Crippen molar-refractivity contribution in [2.45, 2.75) is 150 Å². The Bertz CT molecular complexity index is 862. The second-order valence-electron chi connectivity index (χ2n) is 12.8. The highest BCUT2D eigenvalue weighted by atomic mass is 16.6. The van der Waals surface area contributed by atoms with E-state index in [1.807, 2.05) is 31.2 Å². The summed E-state index contributed by atoms with van der Waals surface area (Å²) in [5, 5.41) is 0. The Morgan fingerprint density at radius 3 is 1.74 bits per heavy atom. The first-order valence-electron chi connectivity index (χ1n) is 14.9. The van der Waals surface area contributed by atoms with Gasteiger partial charge in [-0.3, -0.25) is 14.4 Å². The van der Waals surface area contributed by atoms with Crippen LogP contribution in [0.25, 0.3) is 0 Å². The zero-order valence-corrected chi connectivity index (χ0v) is 26.0. The highest BCUT2D eigenvalue weighted by molar-refractivity contribution is 6.00. The minimum absolute atomic E-state index is 0.108. The van der Waals surface area contributed by atoms with Gasteiger partial charge in [-0.1, -0.05) is 88.1 Å². The fourth-order valence-electron chi connectivity index (χ4n) is 4.50. The van der Waals surface area contributed by atoms with Crippen LogP contribution >= 0.6 is 0 Å². The Labute approximate surface area is 237 Å². The van der Waals surface area contributed by atoms with Crippen LogP contribution < -0.4 is 0 Å². The first-order valence-corrected chi connectivity index (χ1v) is 14.9. The molecule has 0 saturated heterocycles. The molecule has 39 heavy (non-hydrogen) atoms. The maximum Gasteiger partial charge on any atom is 0.324 e. The number of hydrogen-bond acceptors (Lipinski definition) is 6. The molecule has 1 aromatic carbocycles. The van der Waals surface area contributed by atoms with Gasteiger partial charge < -0.3 is 14.2 Å². The molecule has 0 aliphatic heterocycles. The summed E-state index contributed by atoms with van der Waals surface area (Å²) in [6, 6.07) is 7.82. The molecule has 0 spiro atoms. The van der Waals surface area contributed by atoms with Crippen molar-refractivity contribution in [3.8, 4) is 0 Å². The summed E-state index contributed by atoms with van der Waals surface area (Å²) in [6.07, 6.45) is 9.73. The van der Waals surface area contributed by atoms with E-state index in [4.69, 9.17) is 14.2 Å². The lowest BCUT2D eigenvalue weighted by atomic mass is 9.77. The Balaban J connectivity index is 2.95. The van der Waals surface area contributed by atoms with Gasteiger partial charge in [0.15, 0.2) is 5.41 Å². The third-order valence-corrected chi connectivity index (χ3v) is 6.50. The van der Waals surface area contributed by atoms with E-state index in [2.05, 4.69) is 6.92 Å². The zero-order chi connectivity index (χ0) is 29.5. The van der Waals surface area contributed by atoms with Gasteiger partial charge >= 0.3 is 17.9 Å². The van der Waals surface area contributed by atoms with Crippen LogP contribution in [0.5, 0.6) is 0 Å². The van der Waals surface area contributed by atoms with Gasteiger partial charge in [-0.25, -0.2) is 0 Å². The summed E-state index contributed by atoms with van der Waals surface area (Å²) < 4.78 is 17.0. The number of carbonyl (C=O) groups is 3. The molecule has 0 heterocycles. The smallest absolute Gasteiger partial charge is 0.324 e. The lowest BCUT2D eigenvalue weighted by Gasteiger charge is -2.35. The Morgan fingerprint density at radius 1 is 0.718 bits per heavy atom. The van der Waals surface area contributed by atoms with Gasteiger partial charge in [0.05, 0.1) is 0 Å². The molecule has 1 aromatic rings. The number of aryl methyl sites for hydroxylation is 1. The number of ether oxygens (including phenoxy) is 3. The Morgan fingerprint density at radius 2 is 1.23 bits per heavy atom. The molecule has 0 N–H and O–H groups in total. The van der Waals surface area contributed by atoms with Gasteiger partial charge in [-0.2, -0.15) is 0 Å². The summed E-state index contributed by atoms with van der Waals surface area (Å²) in [6.45, 7) is 15.2. The van der Waals surface area contributed by atoms with E-state index >= 15 is 0 Å². The minimum Gasteiger partial charge on any atom is -0.461 e. The minimum atomic E-state index is -1.46. The number of unbranched alkanes of at least 4 members (excludes halogenated alkanes) is 7. The molecule has 0 amide bonds. The lowest BCUT2D eigenvalue weighted by molar-refractivity contribution is -0.187. The molecule has 0 bridgehead atoms. The Hall–Kier alpha value is -2.37. The number of carbonyl (C=O) groups excluding carboxylic acids is 3. The van der Waals surface area contributed by atoms with Crippen molar-refractivity contribution < 1.29 is 28.6 Å². The Kier molecular flexibility index (Phi) is 14.8. The summed E-state index contributed by atoms with van der Waals surface area (Å²) in [5.74, 6) is -1.49. The van der Waals surface area contributed by atoms with E-state index in [1.54, 1.807) is 41.5 Å². The molecule has 0 aliphatic rings. The predicted molar refractivity (Wildman–Crippen MR) is 156 cm³/mol. The number of esters is 3. The largest absolute Gasteiger partial charge is 0.461 e. The van der Waals surface area contributed by atoms with Crippen molar-refractivity contribution in [1.82, 2.24) is 0 Å².